The van der Waals surface area contributed by atoms with Crippen molar-refractivity contribution in [2.24, 2.45) is 0 Å². The standard InChI is InChI=1S/C20H21N3O2S/c1-3-23(20(25)15-8-6-7-14(11-15)13-26-2)12-18-21-17-10-5-4-9-16(17)19(24)22-18/h4-11H,3,12-13H2,1-2H3,(H,21,22,24). The fraction of sp³-hybridized carbons (Fsp3) is 0.250. The quantitative estimate of drug-likeness (QED) is 0.725. The molecule has 134 valence electrons. The fourth-order valence-electron chi connectivity index (χ4n) is 2.86. The van der Waals surface area contributed by atoms with Gasteiger partial charge >= 0.3 is 0 Å². The summed E-state index contributed by atoms with van der Waals surface area (Å²) in [5, 5.41) is 0.551. The molecule has 0 fully saturated rings. The van der Waals surface area contributed by atoms with Gasteiger partial charge in [0.15, 0.2) is 0 Å². The number of aromatic amines is 1. The minimum absolute atomic E-state index is 0.0636. The molecule has 0 aliphatic heterocycles. The monoisotopic (exact) mass is 367 g/mol. The molecule has 0 spiro atoms. The molecule has 0 radical (unpaired) electrons. The Hall–Kier alpha value is -2.60. The Kier molecular flexibility index (Phi) is 5.73. The Labute approximate surface area is 156 Å². The number of carbonyl (C=O) groups excluding carboxylic acids is 1. The van der Waals surface area contributed by atoms with Crippen molar-refractivity contribution < 1.29 is 4.79 Å². The molecule has 6 heteroatoms. The molecule has 3 aromatic rings. The summed E-state index contributed by atoms with van der Waals surface area (Å²) in [4.78, 5) is 34.1. The molecule has 0 unspecified atom stereocenters. The van der Waals surface area contributed by atoms with Crippen molar-refractivity contribution in [1.29, 1.82) is 0 Å². The van der Waals surface area contributed by atoms with E-state index in [1.165, 1.54) is 0 Å². The zero-order chi connectivity index (χ0) is 18.5. The number of H-pyrrole nitrogens is 1. The average Bonchev–Trinajstić information content (AvgIpc) is 2.66. The van der Waals surface area contributed by atoms with Crippen molar-refractivity contribution in [3.63, 3.8) is 0 Å². The number of para-hydroxylation sites is 1. The van der Waals surface area contributed by atoms with E-state index in [9.17, 15) is 9.59 Å². The first-order chi connectivity index (χ1) is 12.6. The maximum atomic E-state index is 12.9. The second-order valence-corrected chi connectivity index (χ2v) is 6.85. The van der Waals surface area contributed by atoms with Crippen molar-refractivity contribution in [2.75, 3.05) is 12.8 Å². The zero-order valence-electron chi connectivity index (χ0n) is 14.9. The first-order valence-electron chi connectivity index (χ1n) is 8.47. The van der Waals surface area contributed by atoms with E-state index in [1.54, 1.807) is 28.8 Å². The molecule has 1 amide bonds. The third-order valence-electron chi connectivity index (χ3n) is 4.16. The molecule has 0 aliphatic carbocycles. The summed E-state index contributed by atoms with van der Waals surface area (Å²) in [6, 6.07) is 14.9. The number of benzene rings is 2. The normalized spacial score (nSPS) is 10.8. The van der Waals surface area contributed by atoms with Gasteiger partial charge < -0.3 is 9.88 Å². The van der Waals surface area contributed by atoms with Gasteiger partial charge in [-0.3, -0.25) is 9.59 Å². The molecule has 5 nitrogen and oxygen atoms in total. The molecule has 0 bridgehead atoms. The molecule has 1 heterocycles. The SMILES string of the molecule is CCN(Cc1nc2ccccc2c(=O)[nH]1)C(=O)c1cccc(CSC)c1. The first-order valence-corrected chi connectivity index (χ1v) is 9.87. The van der Waals surface area contributed by atoms with Crippen LogP contribution in [0.3, 0.4) is 0 Å². The van der Waals surface area contributed by atoms with Crippen LogP contribution >= 0.6 is 11.8 Å². The van der Waals surface area contributed by atoms with Gasteiger partial charge in [0.25, 0.3) is 11.5 Å². The van der Waals surface area contributed by atoms with E-state index in [1.807, 2.05) is 49.6 Å². The molecule has 26 heavy (non-hydrogen) atoms. The Morgan fingerprint density at radius 3 is 2.77 bits per heavy atom. The van der Waals surface area contributed by atoms with Crippen molar-refractivity contribution >= 4 is 28.6 Å². The van der Waals surface area contributed by atoms with Crippen LogP contribution in [0, 0.1) is 0 Å². The van der Waals surface area contributed by atoms with Gasteiger partial charge in [0, 0.05) is 17.9 Å². The molecule has 0 saturated heterocycles. The average molecular weight is 367 g/mol. The molecule has 3 rings (SSSR count). The van der Waals surface area contributed by atoms with Gasteiger partial charge in [0.1, 0.15) is 5.82 Å². The van der Waals surface area contributed by atoms with E-state index in [0.717, 1.165) is 11.3 Å². The van der Waals surface area contributed by atoms with Crippen molar-refractivity contribution in [3.05, 3.63) is 75.8 Å². The highest BCUT2D eigenvalue weighted by Gasteiger charge is 2.16. The number of amides is 1. The van der Waals surface area contributed by atoms with Crippen molar-refractivity contribution in [1.82, 2.24) is 14.9 Å². The lowest BCUT2D eigenvalue weighted by Gasteiger charge is -2.20. The van der Waals surface area contributed by atoms with Crippen LogP contribution in [-0.4, -0.2) is 33.6 Å². The summed E-state index contributed by atoms with van der Waals surface area (Å²) in [6.45, 7) is 2.72. The van der Waals surface area contributed by atoms with E-state index >= 15 is 0 Å². The predicted octanol–water partition coefficient (Wildman–Crippen LogP) is 3.45. The molecule has 1 N–H and O–H groups in total. The second kappa shape index (κ2) is 8.19. The highest BCUT2D eigenvalue weighted by molar-refractivity contribution is 7.97. The van der Waals surface area contributed by atoms with Gasteiger partial charge in [-0.1, -0.05) is 24.3 Å². The Bertz CT molecular complexity index is 984. The number of nitrogens with one attached hydrogen (secondary N) is 1. The Morgan fingerprint density at radius 2 is 2.00 bits per heavy atom. The molecular weight excluding hydrogens is 346 g/mol. The first kappa shape index (κ1) is 18.2. The summed E-state index contributed by atoms with van der Waals surface area (Å²) in [7, 11) is 0. The van der Waals surface area contributed by atoms with Crippen molar-refractivity contribution in [3.8, 4) is 0 Å². The highest BCUT2D eigenvalue weighted by atomic mass is 32.2. The van der Waals surface area contributed by atoms with E-state index in [-0.39, 0.29) is 18.0 Å². The Morgan fingerprint density at radius 1 is 1.19 bits per heavy atom. The molecule has 0 atom stereocenters. The van der Waals surface area contributed by atoms with Crippen LogP contribution in [-0.2, 0) is 12.3 Å². The summed E-state index contributed by atoms with van der Waals surface area (Å²) < 4.78 is 0. The Balaban J connectivity index is 1.86. The number of carbonyl (C=O) groups is 1. The van der Waals surface area contributed by atoms with Crippen LogP contribution in [0.25, 0.3) is 10.9 Å². The van der Waals surface area contributed by atoms with Crippen LogP contribution in [0.15, 0.2) is 53.3 Å². The number of hydrogen-bond acceptors (Lipinski definition) is 4. The maximum Gasteiger partial charge on any atom is 0.258 e. The molecule has 2 aromatic carbocycles. The number of fused-ring (bicyclic) bond motifs is 1. The van der Waals surface area contributed by atoms with E-state index < -0.39 is 0 Å². The number of hydrogen-bond donors (Lipinski definition) is 1. The zero-order valence-corrected chi connectivity index (χ0v) is 15.7. The fourth-order valence-corrected chi connectivity index (χ4v) is 3.37. The van der Waals surface area contributed by atoms with Crippen LogP contribution in [0.4, 0.5) is 0 Å². The molecule has 0 aliphatic rings. The predicted molar refractivity (Wildman–Crippen MR) is 106 cm³/mol. The highest BCUT2D eigenvalue weighted by Crippen LogP contribution is 2.14. The van der Waals surface area contributed by atoms with Crippen molar-refractivity contribution in [2.45, 2.75) is 19.2 Å². The number of aromatic nitrogens is 2. The van der Waals surface area contributed by atoms with Crippen LogP contribution in [0.1, 0.15) is 28.7 Å². The molecule has 1 aromatic heterocycles. The lowest BCUT2D eigenvalue weighted by Crippen LogP contribution is -2.32. The van der Waals surface area contributed by atoms with Gasteiger partial charge in [-0.15, -0.1) is 0 Å². The summed E-state index contributed by atoms with van der Waals surface area (Å²) in [5.74, 6) is 1.29. The summed E-state index contributed by atoms with van der Waals surface area (Å²) in [6.07, 6.45) is 2.04. The topological polar surface area (TPSA) is 66.1 Å². The van der Waals surface area contributed by atoms with Gasteiger partial charge in [-0.2, -0.15) is 11.8 Å². The van der Waals surface area contributed by atoms with E-state index in [4.69, 9.17) is 0 Å². The minimum atomic E-state index is -0.184. The van der Waals surface area contributed by atoms with Crippen LogP contribution in [0.5, 0.6) is 0 Å². The second-order valence-electron chi connectivity index (χ2n) is 5.98. The summed E-state index contributed by atoms with van der Waals surface area (Å²) >= 11 is 1.72. The largest absolute Gasteiger partial charge is 0.331 e. The summed E-state index contributed by atoms with van der Waals surface area (Å²) in [5.41, 5.74) is 2.23. The minimum Gasteiger partial charge on any atom is -0.331 e. The molecule has 0 saturated carbocycles. The van der Waals surface area contributed by atoms with E-state index in [2.05, 4.69) is 9.97 Å². The molecular formula is C20H21N3O2S. The third-order valence-corrected chi connectivity index (χ3v) is 4.78. The van der Waals surface area contributed by atoms with Gasteiger partial charge in [-0.25, -0.2) is 4.98 Å². The van der Waals surface area contributed by atoms with E-state index in [0.29, 0.717) is 28.8 Å². The van der Waals surface area contributed by atoms with Gasteiger partial charge in [0.2, 0.25) is 0 Å². The maximum absolute atomic E-state index is 12.9. The smallest absolute Gasteiger partial charge is 0.258 e. The lowest BCUT2D eigenvalue weighted by atomic mass is 10.1. The third kappa shape index (κ3) is 3.96. The number of nitrogens with zero attached hydrogens (tertiary/aromatic N) is 2. The lowest BCUT2D eigenvalue weighted by molar-refractivity contribution is 0.0748. The van der Waals surface area contributed by atoms with Crippen LogP contribution in [0.2, 0.25) is 0 Å². The van der Waals surface area contributed by atoms with Crippen LogP contribution < -0.4 is 5.56 Å². The van der Waals surface area contributed by atoms with Gasteiger partial charge in [0.05, 0.1) is 17.4 Å². The number of rotatable bonds is 6. The number of thioether (sulfide) groups is 1. The van der Waals surface area contributed by atoms with Gasteiger partial charge in [-0.05, 0) is 43.0 Å².